The van der Waals surface area contributed by atoms with Crippen LogP contribution in [-0.2, 0) is 6.42 Å². The molecule has 1 heterocycles. The van der Waals surface area contributed by atoms with Gasteiger partial charge in [0.2, 0.25) is 0 Å². The van der Waals surface area contributed by atoms with Crippen molar-refractivity contribution in [2.75, 3.05) is 25.0 Å². The van der Waals surface area contributed by atoms with E-state index in [1.54, 1.807) is 0 Å². The first-order valence-corrected chi connectivity index (χ1v) is 7.30. The van der Waals surface area contributed by atoms with E-state index in [0.717, 1.165) is 19.0 Å². The van der Waals surface area contributed by atoms with Gasteiger partial charge >= 0.3 is 0 Å². The third-order valence-corrected chi connectivity index (χ3v) is 4.17. The Balaban J connectivity index is 2.02. The van der Waals surface area contributed by atoms with E-state index >= 15 is 0 Å². The lowest BCUT2D eigenvalue weighted by Gasteiger charge is -2.36. The number of rotatable bonds is 5. The minimum absolute atomic E-state index is 0.652. The minimum Gasteiger partial charge on any atom is -0.383 e. The number of anilines is 1. The maximum Gasteiger partial charge on any atom is 0.0373 e. The second-order valence-corrected chi connectivity index (χ2v) is 5.50. The van der Waals surface area contributed by atoms with Gasteiger partial charge in [-0.25, -0.2) is 0 Å². The molecule has 0 radical (unpaired) electrons. The smallest absolute Gasteiger partial charge is 0.0373 e. The topological polar surface area (TPSA) is 15.3 Å². The van der Waals surface area contributed by atoms with Gasteiger partial charge in [0.25, 0.3) is 0 Å². The van der Waals surface area contributed by atoms with Crippen LogP contribution in [0.3, 0.4) is 0 Å². The molecule has 2 rings (SSSR count). The first-order chi connectivity index (χ1) is 8.74. The van der Waals surface area contributed by atoms with E-state index in [9.17, 15) is 0 Å². The average Bonchev–Trinajstić information content (AvgIpc) is 2.44. The molecule has 100 valence electrons. The monoisotopic (exact) mass is 246 g/mol. The van der Waals surface area contributed by atoms with E-state index in [1.165, 1.54) is 30.6 Å². The van der Waals surface area contributed by atoms with E-state index in [-0.39, 0.29) is 0 Å². The first kappa shape index (κ1) is 13.4. The Hall–Kier alpha value is -1.02. The van der Waals surface area contributed by atoms with Gasteiger partial charge in [-0.1, -0.05) is 45.4 Å². The fourth-order valence-electron chi connectivity index (χ4n) is 2.75. The highest BCUT2D eigenvalue weighted by Crippen LogP contribution is 2.24. The third kappa shape index (κ3) is 3.05. The van der Waals surface area contributed by atoms with Crippen LogP contribution >= 0.6 is 0 Å². The van der Waals surface area contributed by atoms with Crippen molar-refractivity contribution in [1.82, 2.24) is 4.90 Å². The molecule has 1 N–H and O–H groups in total. The maximum atomic E-state index is 3.58. The van der Waals surface area contributed by atoms with Gasteiger partial charge in [-0.3, -0.25) is 4.90 Å². The van der Waals surface area contributed by atoms with Gasteiger partial charge in [0.05, 0.1) is 0 Å². The molecular formula is C16H26N2. The molecule has 1 aliphatic rings. The van der Waals surface area contributed by atoms with Gasteiger partial charge in [0.1, 0.15) is 0 Å². The van der Waals surface area contributed by atoms with Crippen LogP contribution in [0.15, 0.2) is 24.3 Å². The summed E-state index contributed by atoms with van der Waals surface area (Å²) in [5.74, 6) is 0.794. The highest BCUT2D eigenvalue weighted by Gasteiger charge is 2.23. The zero-order valence-electron chi connectivity index (χ0n) is 11.9. The molecular weight excluding hydrogens is 220 g/mol. The molecule has 1 aliphatic heterocycles. The SMILES string of the molecule is CCC(C)CN(CC)C1CNc2ccccc2C1. The molecule has 1 aromatic rings. The van der Waals surface area contributed by atoms with Crippen molar-refractivity contribution >= 4 is 5.69 Å². The van der Waals surface area contributed by atoms with E-state index in [4.69, 9.17) is 0 Å². The van der Waals surface area contributed by atoms with E-state index in [2.05, 4.69) is 55.3 Å². The number of hydrogen-bond donors (Lipinski definition) is 1. The molecule has 0 aliphatic carbocycles. The zero-order chi connectivity index (χ0) is 13.0. The van der Waals surface area contributed by atoms with Crippen LogP contribution < -0.4 is 5.32 Å². The highest BCUT2D eigenvalue weighted by atomic mass is 15.2. The van der Waals surface area contributed by atoms with Crippen LogP contribution in [-0.4, -0.2) is 30.6 Å². The van der Waals surface area contributed by atoms with Crippen LogP contribution in [0.25, 0.3) is 0 Å². The van der Waals surface area contributed by atoms with Gasteiger partial charge < -0.3 is 5.32 Å². The van der Waals surface area contributed by atoms with Crippen molar-refractivity contribution in [1.29, 1.82) is 0 Å². The van der Waals surface area contributed by atoms with Crippen LogP contribution in [0, 0.1) is 5.92 Å². The number of fused-ring (bicyclic) bond motifs is 1. The lowest BCUT2D eigenvalue weighted by Crippen LogP contribution is -2.45. The lowest BCUT2D eigenvalue weighted by atomic mass is 9.97. The molecule has 2 nitrogen and oxygen atoms in total. The Morgan fingerprint density at radius 2 is 2.11 bits per heavy atom. The fourth-order valence-corrected chi connectivity index (χ4v) is 2.75. The van der Waals surface area contributed by atoms with Crippen molar-refractivity contribution < 1.29 is 0 Å². The normalized spacial score (nSPS) is 20.3. The Morgan fingerprint density at radius 1 is 1.33 bits per heavy atom. The van der Waals surface area contributed by atoms with Crippen LogP contribution in [0.1, 0.15) is 32.8 Å². The van der Waals surface area contributed by atoms with Crippen molar-refractivity contribution in [2.24, 2.45) is 5.92 Å². The molecule has 0 saturated heterocycles. The Labute approximate surface area is 111 Å². The molecule has 2 unspecified atom stereocenters. The molecule has 0 amide bonds. The number of para-hydroxylation sites is 1. The Bertz CT molecular complexity index is 375. The van der Waals surface area contributed by atoms with Crippen molar-refractivity contribution in [3.05, 3.63) is 29.8 Å². The molecule has 2 heteroatoms. The van der Waals surface area contributed by atoms with E-state index in [0.29, 0.717) is 6.04 Å². The van der Waals surface area contributed by atoms with Gasteiger partial charge in [-0.05, 0) is 30.5 Å². The zero-order valence-corrected chi connectivity index (χ0v) is 11.9. The first-order valence-electron chi connectivity index (χ1n) is 7.30. The quantitative estimate of drug-likeness (QED) is 0.856. The molecule has 0 spiro atoms. The lowest BCUT2D eigenvalue weighted by molar-refractivity contribution is 0.181. The molecule has 0 saturated carbocycles. The number of likely N-dealkylation sites (N-methyl/N-ethyl adjacent to an activating group) is 1. The molecule has 0 fully saturated rings. The highest BCUT2D eigenvalue weighted by molar-refractivity contribution is 5.53. The van der Waals surface area contributed by atoms with Gasteiger partial charge in [0, 0.05) is 24.8 Å². The second-order valence-electron chi connectivity index (χ2n) is 5.50. The number of nitrogens with one attached hydrogen (secondary N) is 1. The summed E-state index contributed by atoms with van der Waals surface area (Å²) < 4.78 is 0. The summed E-state index contributed by atoms with van der Waals surface area (Å²) in [6.45, 7) is 10.4. The standard InChI is InChI=1S/C16H26N2/c1-4-13(3)12-18(5-2)15-10-14-8-6-7-9-16(14)17-11-15/h6-9,13,15,17H,4-5,10-12H2,1-3H3. The Morgan fingerprint density at radius 3 is 2.83 bits per heavy atom. The summed E-state index contributed by atoms with van der Waals surface area (Å²) >= 11 is 0. The largest absolute Gasteiger partial charge is 0.383 e. The summed E-state index contributed by atoms with van der Waals surface area (Å²) in [7, 11) is 0. The minimum atomic E-state index is 0.652. The third-order valence-electron chi connectivity index (χ3n) is 4.17. The summed E-state index contributed by atoms with van der Waals surface area (Å²) in [5, 5.41) is 3.58. The molecule has 2 atom stereocenters. The van der Waals surface area contributed by atoms with E-state index in [1.807, 2.05) is 0 Å². The number of benzene rings is 1. The molecule has 0 aromatic heterocycles. The number of hydrogen-bond acceptors (Lipinski definition) is 2. The van der Waals surface area contributed by atoms with E-state index < -0.39 is 0 Å². The van der Waals surface area contributed by atoms with Crippen LogP contribution in [0.5, 0.6) is 0 Å². The van der Waals surface area contributed by atoms with Crippen molar-refractivity contribution in [3.8, 4) is 0 Å². The summed E-state index contributed by atoms with van der Waals surface area (Å²) in [6.07, 6.45) is 2.46. The molecule has 0 bridgehead atoms. The Kier molecular flexibility index (Phi) is 4.65. The van der Waals surface area contributed by atoms with Gasteiger partial charge in [0.15, 0.2) is 0 Å². The fraction of sp³-hybridized carbons (Fsp3) is 0.625. The predicted octanol–water partition coefficient (Wildman–Crippen LogP) is 3.39. The second kappa shape index (κ2) is 6.24. The molecule has 1 aromatic carbocycles. The van der Waals surface area contributed by atoms with Gasteiger partial charge in [-0.2, -0.15) is 0 Å². The average molecular weight is 246 g/mol. The summed E-state index contributed by atoms with van der Waals surface area (Å²) in [6, 6.07) is 9.36. The molecule has 18 heavy (non-hydrogen) atoms. The van der Waals surface area contributed by atoms with Crippen LogP contribution in [0.2, 0.25) is 0 Å². The van der Waals surface area contributed by atoms with Crippen LogP contribution in [0.4, 0.5) is 5.69 Å². The van der Waals surface area contributed by atoms with Crippen molar-refractivity contribution in [3.63, 3.8) is 0 Å². The summed E-state index contributed by atoms with van der Waals surface area (Å²) in [5.41, 5.74) is 2.80. The number of nitrogens with zero attached hydrogens (tertiary/aromatic N) is 1. The summed E-state index contributed by atoms with van der Waals surface area (Å²) in [4.78, 5) is 2.64. The predicted molar refractivity (Wildman–Crippen MR) is 79.1 cm³/mol. The maximum absolute atomic E-state index is 3.58. The van der Waals surface area contributed by atoms with Crippen molar-refractivity contribution in [2.45, 2.75) is 39.7 Å². The van der Waals surface area contributed by atoms with Gasteiger partial charge in [-0.15, -0.1) is 0 Å².